The van der Waals surface area contributed by atoms with Gasteiger partial charge in [0.2, 0.25) is 11.8 Å². The van der Waals surface area contributed by atoms with Crippen molar-refractivity contribution in [3.63, 3.8) is 0 Å². The Bertz CT molecular complexity index is 2130. The summed E-state index contributed by atoms with van der Waals surface area (Å²) in [6, 6.07) is 24.6. The van der Waals surface area contributed by atoms with E-state index in [2.05, 4.69) is 27.4 Å². The first-order chi connectivity index (χ1) is 27.6. The Morgan fingerprint density at radius 2 is 1.56 bits per heavy atom. The Morgan fingerprint density at radius 1 is 0.912 bits per heavy atom. The first-order valence-corrected chi connectivity index (χ1v) is 19.0. The van der Waals surface area contributed by atoms with Crippen LogP contribution in [0.4, 0.5) is 15.3 Å². The Labute approximate surface area is 331 Å². The van der Waals surface area contributed by atoms with Gasteiger partial charge in [0.1, 0.15) is 30.8 Å². The molecule has 0 aliphatic carbocycles. The van der Waals surface area contributed by atoms with Crippen LogP contribution in [0.25, 0.3) is 0 Å². The lowest BCUT2D eigenvalue weighted by Crippen LogP contribution is -2.41. The van der Waals surface area contributed by atoms with Crippen LogP contribution in [0.5, 0.6) is 0 Å². The number of ether oxygens (including phenoxy) is 2. The van der Waals surface area contributed by atoms with E-state index in [0.717, 1.165) is 40.9 Å². The highest BCUT2D eigenvalue weighted by Gasteiger charge is 2.48. The van der Waals surface area contributed by atoms with E-state index in [0.29, 0.717) is 24.5 Å². The summed E-state index contributed by atoms with van der Waals surface area (Å²) in [5.41, 5.74) is 3.82. The van der Waals surface area contributed by atoms with Crippen molar-refractivity contribution in [3.8, 4) is 0 Å². The van der Waals surface area contributed by atoms with Crippen molar-refractivity contribution in [2.24, 2.45) is 5.10 Å². The normalized spacial score (nSPS) is 17.4. The Balaban J connectivity index is 1.16. The number of nitrogens with zero attached hydrogens (tertiary/aromatic N) is 5. The van der Waals surface area contributed by atoms with Crippen molar-refractivity contribution in [3.05, 3.63) is 142 Å². The van der Waals surface area contributed by atoms with Crippen molar-refractivity contribution < 1.29 is 28.7 Å². The number of hydrazone groups is 1. The summed E-state index contributed by atoms with van der Waals surface area (Å²) < 4.78 is 12.0. The predicted molar refractivity (Wildman–Crippen MR) is 214 cm³/mol. The lowest BCUT2D eigenvalue weighted by molar-refractivity contribution is -0.133. The first-order valence-electron chi connectivity index (χ1n) is 19.0. The highest BCUT2D eigenvalue weighted by Crippen LogP contribution is 2.42. The van der Waals surface area contributed by atoms with E-state index in [4.69, 9.17) is 9.47 Å². The molecule has 2 N–H and O–H groups in total. The molecule has 0 spiro atoms. The smallest absolute Gasteiger partial charge is 0.428 e. The molecular formula is C43H47N7O7. The van der Waals surface area contributed by atoms with Gasteiger partial charge in [0.05, 0.1) is 12.4 Å². The van der Waals surface area contributed by atoms with Gasteiger partial charge in [0.15, 0.2) is 0 Å². The molecule has 57 heavy (non-hydrogen) atoms. The fourth-order valence-electron chi connectivity index (χ4n) is 7.08. The Hall–Kier alpha value is -6.57. The number of fused-ring (bicyclic) bond motifs is 1. The van der Waals surface area contributed by atoms with E-state index in [1.165, 1.54) is 23.1 Å². The fraction of sp³-hybridized carbons (Fsp3) is 0.326. The maximum absolute atomic E-state index is 14.4. The summed E-state index contributed by atoms with van der Waals surface area (Å²) >= 11 is 0. The minimum atomic E-state index is -1.01. The molecule has 2 atom stereocenters. The molecule has 4 aromatic rings. The number of piperidine rings is 1. The van der Waals surface area contributed by atoms with Crippen LogP contribution in [0.3, 0.4) is 0 Å². The largest absolute Gasteiger partial charge is 0.444 e. The van der Waals surface area contributed by atoms with Crippen molar-refractivity contribution in [2.75, 3.05) is 24.5 Å². The second-order valence-electron chi connectivity index (χ2n) is 14.4. The third kappa shape index (κ3) is 10.2. The van der Waals surface area contributed by atoms with Crippen LogP contribution in [0.2, 0.25) is 0 Å². The number of likely N-dealkylation sites (tertiary alicyclic amines) is 1. The minimum Gasteiger partial charge on any atom is -0.444 e. The van der Waals surface area contributed by atoms with E-state index in [-0.39, 0.29) is 50.7 Å². The summed E-state index contributed by atoms with van der Waals surface area (Å²) in [5, 5.41) is 6.90. The van der Waals surface area contributed by atoms with Crippen LogP contribution < -0.4 is 21.2 Å². The number of carbonyl (C=O) groups is 4. The molecule has 1 fully saturated rings. The van der Waals surface area contributed by atoms with E-state index >= 15 is 0 Å². The molecule has 0 unspecified atom stereocenters. The van der Waals surface area contributed by atoms with Crippen LogP contribution in [0, 0.1) is 0 Å². The molecule has 2 aliphatic rings. The second kappa shape index (κ2) is 18.8. The summed E-state index contributed by atoms with van der Waals surface area (Å²) in [4.78, 5) is 75.1. The van der Waals surface area contributed by atoms with Gasteiger partial charge >= 0.3 is 12.2 Å². The molecule has 3 aromatic carbocycles. The standard InChI is InChI=1S/C43H47N7O7/c1-3-21-49(42(55)57-30-34-15-9-5-10-16-34)36-28-45-40-43(2,25-37(51)48-22-11-6-12-23-48)24-35(50(40)39(36)53)38(52)44-26-31-17-19-32(20-18-31)27-46-47-41(54)56-29-33-13-7-4-8-14-33/h3-5,7-10,13-20,27-28,35H,1,6,11-12,21-26,29-30H2,2H3,(H,44,52)(H,47,54)/t35-,43+/m1/s1. The van der Waals surface area contributed by atoms with Crippen LogP contribution >= 0.6 is 0 Å². The molecule has 4 amide bonds. The van der Waals surface area contributed by atoms with Gasteiger partial charge in [-0.15, -0.1) is 6.58 Å². The van der Waals surface area contributed by atoms with E-state index in [1.54, 1.807) is 24.3 Å². The highest BCUT2D eigenvalue weighted by molar-refractivity contribution is 5.88. The molecule has 296 valence electrons. The SMILES string of the molecule is C=CCN(C(=O)OCc1ccccc1)c1cnc2n(c1=O)[C@@H](C(=O)NCc1ccc(C=NNC(=O)OCc3ccccc3)cc1)C[C@@]2(C)CC(=O)N1CCCCC1. The maximum Gasteiger partial charge on any atom is 0.428 e. The van der Waals surface area contributed by atoms with Gasteiger partial charge in [-0.3, -0.25) is 23.9 Å². The van der Waals surface area contributed by atoms with Crippen LogP contribution in [0.15, 0.2) is 114 Å². The lowest BCUT2D eigenvalue weighted by atomic mass is 9.82. The van der Waals surface area contributed by atoms with Crippen molar-refractivity contribution in [1.82, 2.24) is 25.2 Å². The average molecular weight is 774 g/mol. The molecule has 6 rings (SSSR count). The highest BCUT2D eigenvalue weighted by atomic mass is 16.6. The number of anilines is 1. The first kappa shape index (κ1) is 40.1. The molecule has 14 heteroatoms. The zero-order valence-electron chi connectivity index (χ0n) is 32.0. The van der Waals surface area contributed by atoms with Crippen LogP contribution in [-0.2, 0) is 44.2 Å². The number of amides is 4. The number of carbonyl (C=O) groups excluding carboxylic acids is 4. The number of hydrogen-bond donors (Lipinski definition) is 2. The van der Waals surface area contributed by atoms with Gasteiger partial charge < -0.3 is 19.7 Å². The number of aromatic nitrogens is 2. The summed E-state index contributed by atoms with van der Waals surface area (Å²) in [6.07, 6.45) is 5.96. The molecule has 3 heterocycles. The Morgan fingerprint density at radius 3 is 2.21 bits per heavy atom. The van der Waals surface area contributed by atoms with Crippen molar-refractivity contribution in [1.29, 1.82) is 0 Å². The van der Waals surface area contributed by atoms with Gasteiger partial charge in [0, 0.05) is 38.0 Å². The third-order valence-corrected chi connectivity index (χ3v) is 10.1. The topological polar surface area (TPSA) is 165 Å². The van der Waals surface area contributed by atoms with Gasteiger partial charge in [-0.2, -0.15) is 5.10 Å². The molecule has 0 radical (unpaired) electrons. The van der Waals surface area contributed by atoms with E-state index in [9.17, 15) is 24.0 Å². The summed E-state index contributed by atoms with van der Waals surface area (Å²) in [7, 11) is 0. The van der Waals surface area contributed by atoms with Crippen molar-refractivity contribution in [2.45, 2.75) is 70.2 Å². The van der Waals surface area contributed by atoms with Gasteiger partial charge in [0.25, 0.3) is 5.56 Å². The van der Waals surface area contributed by atoms with E-state index < -0.39 is 35.1 Å². The molecule has 0 bridgehead atoms. The number of hydrogen-bond acceptors (Lipinski definition) is 9. The van der Waals surface area contributed by atoms with Crippen LogP contribution in [0.1, 0.15) is 73.1 Å². The average Bonchev–Trinajstić information content (AvgIpc) is 3.54. The zero-order chi connectivity index (χ0) is 40.2. The predicted octanol–water partition coefficient (Wildman–Crippen LogP) is 5.75. The molecule has 1 aromatic heterocycles. The van der Waals surface area contributed by atoms with Crippen molar-refractivity contribution >= 4 is 35.9 Å². The molecule has 0 saturated carbocycles. The van der Waals surface area contributed by atoms with Gasteiger partial charge in [-0.1, -0.05) is 97.9 Å². The lowest BCUT2D eigenvalue weighted by Gasteiger charge is -2.31. The zero-order valence-corrected chi connectivity index (χ0v) is 32.0. The summed E-state index contributed by atoms with van der Waals surface area (Å²) in [6.45, 7) is 7.16. The molecule has 1 saturated heterocycles. The van der Waals surface area contributed by atoms with Crippen LogP contribution in [-0.4, -0.2) is 64.3 Å². The number of nitrogens with one attached hydrogen (secondary N) is 2. The molecule has 2 aliphatic heterocycles. The number of benzene rings is 3. The minimum absolute atomic E-state index is 0.0107. The van der Waals surface area contributed by atoms with Gasteiger partial charge in [-0.05, 0) is 47.9 Å². The Kier molecular flexibility index (Phi) is 13.3. The second-order valence-corrected chi connectivity index (χ2v) is 14.4. The number of rotatable bonds is 14. The van der Waals surface area contributed by atoms with E-state index in [1.807, 2.05) is 72.5 Å². The maximum atomic E-state index is 14.4. The van der Waals surface area contributed by atoms with Gasteiger partial charge in [-0.25, -0.2) is 20.0 Å². The quantitative estimate of drug-likeness (QED) is 0.0929. The third-order valence-electron chi connectivity index (χ3n) is 10.1. The monoisotopic (exact) mass is 773 g/mol. The molecule has 14 nitrogen and oxygen atoms in total. The molecular weight excluding hydrogens is 727 g/mol. The summed E-state index contributed by atoms with van der Waals surface area (Å²) in [5.74, 6) is -0.180. The fourth-order valence-corrected chi connectivity index (χ4v) is 7.08.